The molecular weight excluding hydrogens is 345 g/mol. The van der Waals surface area contributed by atoms with Gasteiger partial charge in [0.1, 0.15) is 17.3 Å². The molecule has 27 heavy (non-hydrogen) atoms. The summed E-state index contributed by atoms with van der Waals surface area (Å²) in [5.74, 6) is 0.355. The molecule has 0 spiro atoms. The molecule has 0 fully saturated rings. The zero-order chi connectivity index (χ0) is 19.4. The molecular formula is C21H18FN3O2. The van der Waals surface area contributed by atoms with Crippen molar-refractivity contribution < 1.29 is 9.13 Å². The van der Waals surface area contributed by atoms with Crippen molar-refractivity contribution in [2.24, 2.45) is 0 Å². The Hall–Kier alpha value is -3.46. The Bertz CT molecular complexity index is 1080. The van der Waals surface area contributed by atoms with Crippen LogP contribution in [0.2, 0.25) is 0 Å². The molecule has 0 saturated heterocycles. The summed E-state index contributed by atoms with van der Waals surface area (Å²) in [6, 6.07) is 13.4. The summed E-state index contributed by atoms with van der Waals surface area (Å²) in [5.41, 5.74) is 3.24. The number of rotatable bonds is 5. The highest BCUT2D eigenvalue weighted by Gasteiger charge is 2.09. The lowest BCUT2D eigenvalue weighted by Crippen LogP contribution is -2.12. The van der Waals surface area contributed by atoms with Crippen LogP contribution >= 0.6 is 0 Å². The van der Waals surface area contributed by atoms with Crippen LogP contribution in [0.4, 0.5) is 4.39 Å². The fourth-order valence-electron chi connectivity index (χ4n) is 2.77. The lowest BCUT2D eigenvalue weighted by atomic mass is 10.0. The molecule has 0 radical (unpaired) electrons. The molecule has 0 aliphatic carbocycles. The molecule has 3 aromatic rings. The third kappa shape index (κ3) is 4.39. The highest BCUT2D eigenvalue weighted by atomic mass is 19.1. The van der Waals surface area contributed by atoms with E-state index in [0.717, 1.165) is 29.3 Å². The first-order valence-electron chi connectivity index (χ1n) is 8.54. The van der Waals surface area contributed by atoms with Crippen molar-refractivity contribution in [3.05, 3.63) is 86.6 Å². The lowest BCUT2D eigenvalue weighted by molar-refractivity contribution is 0.470. The molecule has 1 aromatic heterocycles. The van der Waals surface area contributed by atoms with Crippen LogP contribution in [-0.4, -0.2) is 10.2 Å². The fourth-order valence-corrected chi connectivity index (χ4v) is 2.77. The molecule has 2 aromatic carbocycles. The van der Waals surface area contributed by atoms with Gasteiger partial charge in [-0.15, -0.1) is 0 Å². The van der Waals surface area contributed by atoms with E-state index in [1.807, 2.05) is 31.2 Å². The van der Waals surface area contributed by atoms with Gasteiger partial charge in [0, 0.05) is 18.1 Å². The molecule has 0 atom stereocenters. The van der Waals surface area contributed by atoms with Crippen molar-refractivity contribution in [1.82, 2.24) is 10.2 Å². The number of H-pyrrole nitrogens is 1. The number of nitrogens with one attached hydrogen (secondary N) is 1. The quantitative estimate of drug-likeness (QED) is 0.742. The van der Waals surface area contributed by atoms with Gasteiger partial charge in [0.2, 0.25) is 0 Å². The largest absolute Gasteiger partial charge is 0.457 e. The summed E-state index contributed by atoms with van der Waals surface area (Å²) in [5, 5.41) is 15.5. The zero-order valence-corrected chi connectivity index (χ0v) is 15.0. The Labute approximate surface area is 156 Å². The summed E-state index contributed by atoms with van der Waals surface area (Å²) < 4.78 is 19.5. The maximum atomic E-state index is 13.7. The van der Waals surface area contributed by atoms with E-state index in [-0.39, 0.29) is 16.9 Å². The predicted octanol–water partition coefficient (Wildman–Crippen LogP) is 4.03. The molecule has 1 N–H and O–H groups in total. The van der Waals surface area contributed by atoms with Crippen molar-refractivity contribution in [2.75, 3.05) is 0 Å². The molecule has 0 saturated carbocycles. The van der Waals surface area contributed by atoms with Crippen LogP contribution in [0.25, 0.3) is 0 Å². The molecule has 0 aliphatic heterocycles. The molecule has 5 nitrogen and oxygen atoms in total. The van der Waals surface area contributed by atoms with Gasteiger partial charge in [-0.05, 0) is 48.7 Å². The summed E-state index contributed by atoms with van der Waals surface area (Å²) in [7, 11) is 0. The van der Waals surface area contributed by atoms with Gasteiger partial charge in [-0.3, -0.25) is 4.79 Å². The maximum absolute atomic E-state index is 13.7. The number of aromatic nitrogens is 2. The van der Waals surface area contributed by atoms with Crippen LogP contribution in [-0.2, 0) is 12.8 Å². The second kappa shape index (κ2) is 7.83. The zero-order valence-electron chi connectivity index (χ0n) is 15.0. The van der Waals surface area contributed by atoms with Crippen molar-refractivity contribution in [2.45, 2.75) is 26.7 Å². The number of benzene rings is 2. The van der Waals surface area contributed by atoms with Gasteiger partial charge in [0.05, 0.1) is 17.3 Å². The number of aryl methyl sites for hydroxylation is 2. The first kappa shape index (κ1) is 18.3. The minimum atomic E-state index is -0.522. The van der Waals surface area contributed by atoms with Crippen LogP contribution in [0.15, 0.2) is 47.3 Å². The third-order valence-corrected chi connectivity index (χ3v) is 4.17. The van der Waals surface area contributed by atoms with E-state index in [9.17, 15) is 9.18 Å². The van der Waals surface area contributed by atoms with E-state index in [1.165, 1.54) is 12.1 Å². The smallest absolute Gasteiger partial charge is 0.267 e. The van der Waals surface area contributed by atoms with Crippen LogP contribution in [0.1, 0.15) is 34.9 Å². The van der Waals surface area contributed by atoms with E-state index < -0.39 is 5.82 Å². The fraction of sp³-hybridized carbons (Fsp3) is 0.190. The molecule has 0 amide bonds. The lowest BCUT2D eigenvalue weighted by Gasteiger charge is -2.12. The Balaban J connectivity index is 1.91. The topological polar surface area (TPSA) is 78.8 Å². The molecule has 1 heterocycles. The van der Waals surface area contributed by atoms with Gasteiger partial charge in [-0.2, -0.15) is 10.4 Å². The van der Waals surface area contributed by atoms with Gasteiger partial charge >= 0.3 is 0 Å². The van der Waals surface area contributed by atoms with Gasteiger partial charge < -0.3 is 4.74 Å². The summed E-state index contributed by atoms with van der Waals surface area (Å²) in [6.07, 6.45) is 1.26. The average Bonchev–Trinajstić information content (AvgIpc) is 2.64. The van der Waals surface area contributed by atoms with Crippen molar-refractivity contribution in [3.8, 4) is 17.6 Å². The second-order valence-corrected chi connectivity index (χ2v) is 6.23. The van der Waals surface area contributed by atoms with E-state index >= 15 is 0 Å². The van der Waals surface area contributed by atoms with Crippen LogP contribution in [0.5, 0.6) is 11.5 Å². The monoisotopic (exact) mass is 363 g/mol. The molecule has 0 unspecified atom stereocenters. The number of ether oxygens (including phenoxy) is 1. The number of halogens is 1. The third-order valence-electron chi connectivity index (χ3n) is 4.17. The summed E-state index contributed by atoms with van der Waals surface area (Å²) >= 11 is 0. The van der Waals surface area contributed by atoms with Crippen molar-refractivity contribution >= 4 is 0 Å². The Morgan fingerprint density at radius 2 is 2.04 bits per heavy atom. The number of aromatic amines is 1. The second-order valence-electron chi connectivity index (χ2n) is 6.23. The number of nitrogens with zero attached hydrogens (tertiary/aromatic N) is 2. The first-order valence-corrected chi connectivity index (χ1v) is 8.54. The SMILES string of the molecule is CCc1ccc(Cc2cc(C)c(=O)[nH]n2)cc1Oc1cc(F)cc(C#N)c1. The summed E-state index contributed by atoms with van der Waals surface area (Å²) in [6.45, 7) is 3.73. The van der Waals surface area contributed by atoms with Crippen LogP contribution in [0.3, 0.4) is 0 Å². The normalized spacial score (nSPS) is 10.4. The van der Waals surface area contributed by atoms with Gasteiger partial charge in [-0.1, -0.05) is 19.1 Å². The van der Waals surface area contributed by atoms with E-state index in [4.69, 9.17) is 10.00 Å². The number of nitriles is 1. The number of hydrogen-bond donors (Lipinski definition) is 1. The maximum Gasteiger partial charge on any atom is 0.267 e. The molecule has 0 aliphatic rings. The van der Waals surface area contributed by atoms with E-state index in [1.54, 1.807) is 13.0 Å². The Morgan fingerprint density at radius 1 is 1.22 bits per heavy atom. The highest BCUT2D eigenvalue weighted by Crippen LogP contribution is 2.29. The molecule has 136 valence electrons. The molecule has 3 rings (SSSR count). The Kier molecular flexibility index (Phi) is 5.32. The standard InChI is InChI=1S/C21H18FN3O2/c1-3-16-5-4-14(8-18-6-13(2)21(26)25-24-18)10-20(16)27-19-9-15(12-23)7-17(22)11-19/h4-7,9-11H,3,8H2,1-2H3,(H,25,26). The molecule has 6 heteroatoms. The minimum absolute atomic E-state index is 0.201. The van der Waals surface area contributed by atoms with Crippen molar-refractivity contribution in [3.63, 3.8) is 0 Å². The average molecular weight is 363 g/mol. The van der Waals surface area contributed by atoms with Crippen molar-refractivity contribution in [1.29, 1.82) is 5.26 Å². The molecule has 0 bridgehead atoms. The highest BCUT2D eigenvalue weighted by molar-refractivity contribution is 5.44. The van der Waals surface area contributed by atoms with Crippen LogP contribution in [0, 0.1) is 24.1 Å². The van der Waals surface area contributed by atoms with Gasteiger partial charge in [0.25, 0.3) is 5.56 Å². The first-order chi connectivity index (χ1) is 13.0. The van der Waals surface area contributed by atoms with E-state index in [0.29, 0.717) is 17.7 Å². The minimum Gasteiger partial charge on any atom is -0.457 e. The predicted molar refractivity (Wildman–Crippen MR) is 99.4 cm³/mol. The van der Waals surface area contributed by atoms with E-state index in [2.05, 4.69) is 10.2 Å². The van der Waals surface area contributed by atoms with Gasteiger partial charge in [-0.25, -0.2) is 9.49 Å². The van der Waals surface area contributed by atoms with Crippen LogP contribution < -0.4 is 10.3 Å². The Morgan fingerprint density at radius 3 is 2.74 bits per heavy atom. The van der Waals surface area contributed by atoms with Gasteiger partial charge in [0.15, 0.2) is 0 Å². The number of hydrogen-bond acceptors (Lipinski definition) is 4. The summed E-state index contributed by atoms with van der Waals surface area (Å²) in [4.78, 5) is 11.5.